The summed E-state index contributed by atoms with van der Waals surface area (Å²) in [6, 6.07) is 16.6. The van der Waals surface area contributed by atoms with Gasteiger partial charge in [-0.05, 0) is 55.7 Å². The van der Waals surface area contributed by atoms with E-state index in [1.165, 1.54) is 11.1 Å². The number of aliphatic hydroxyl groups excluding tert-OH is 1. The lowest BCUT2D eigenvalue weighted by atomic mass is 9.72. The Balaban J connectivity index is 1.69. The van der Waals surface area contributed by atoms with Crippen molar-refractivity contribution in [3.8, 4) is 0 Å². The maximum Gasteiger partial charge on any atom is 0.0834 e. The van der Waals surface area contributed by atoms with Gasteiger partial charge in [-0.3, -0.25) is 4.90 Å². The predicted octanol–water partition coefficient (Wildman–Crippen LogP) is 3.51. The van der Waals surface area contributed by atoms with Crippen LogP contribution in [0.15, 0.2) is 48.5 Å². The van der Waals surface area contributed by atoms with Crippen molar-refractivity contribution >= 4 is 11.6 Å². The molecule has 132 valence electrons. The molecule has 4 rings (SSSR count). The first kappa shape index (κ1) is 17.0. The number of rotatable bonds is 3. The van der Waals surface area contributed by atoms with Crippen LogP contribution in [0.4, 0.5) is 0 Å². The van der Waals surface area contributed by atoms with Crippen molar-refractivity contribution in [2.75, 3.05) is 20.1 Å². The zero-order chi connectivity index (χ0) is 17.4. The molecule has 2 N–H and O–H groups in total. The largest absolute Gasteiger partial charge is 0.390 e. The fourth-order valence-corrected chi connectivity index (χ4v) is 4.95. The van der Waals surface area contributed by atoms with Gasteiger partial charge in [0.25, 0.3) is 0 Å². The molecule has 0 saturated carbocycles. The summed E-state index contributed by atoms with van der Waals surface area (Å²) in [4.78, 5) is 2.25. The minimum atomic E-state index is -0.389. The lowest BCUT2D eigenvalue weighted by molar-refractivity contribution is 0.00420. The summed E-state index contributed by atoms with van der Waals surface area (Å²) in [5.41, 5.74) is 3.58. The van der Waals surface area contributed by atoms with Gasteiger partial charge < -0.3 is 10.4 Å². The fraction of sp³-hybridized carbons (Fsp3) is 0.429. The van der Waals surface area contributed by atoms with Crippen molar-refractivity contribution < 1.29 is 5.11 Å². The Bertz CT molecular complexity index is 757. The van der Waals surface area contributed by atoms with Crippen LogP contribution in [0.2, 0.25) is 5.02 Å². The van der Waals surface area contributed by atoms with E-state index >= 15 is 0 Å². The summed E-state index contributed by atoms with van der Waals surface area (Å²) in [6.07, 6.45) is 1.59. The Kier molecular flexibility index (Phi) is 4.59. The van der Waals surface area contributed by atoms with Crippen molar-refractivity contribution in [2.45, 2.75) is 36.9 Å². The lowest BCUT2D eigenvalue weighted by Gasteiger charge is -2.40. The Morgan fingerprint density at radius 3 is 2.56 bits per heavy atom. The lowest BCUT2D eigenvalue weighted by Crippen LogP contribution is -2.48. The summed E-state index contributed by atoms with van der Waals surface area (Å²) in [6.45, 7) is 2.66. The number of nitrogens with one attached hydrogen (secondary N) is 1. The van der Waals surface area contributed by atoms with Crippen LogP contribution in [0.25, 0.3) is 0 Å². The number of likely N-dealkylation sites (N-methyl/N-ethyl adjacent to an activating group) is 1. The van der Waals surface area contributed by atoms with E-state index in [4.69, 9.17) is 11.6 Å². The summed E-state index contributed by atoms with van der Waals surface area (Å²) in [5.74, 6) is 0. The monoisotopic (exact) mass is 356 g/mol. The molecule has 3 nitrogen and oxygen atoms in total. The van der Waals surface area contributed by atoms with E-state index < -0.39 is 0 Å². The molecule has 25 heavy (non-hydrogen) atoms. The SMILES string of the molecule is CN(Cc1ccccc1Cl)[C@@H]1c2ccccc2C2(CCNCC2)[C@H]1O. The number of hydrogen-bond acceptors (Lipinski definition) is 3. The zero-order valence-electron chi connectivity index (χ0n) is 14.6. The molecule has 0 radical (unpaired) electrons. The molecule has 0 amide bonds. The van der Waals surface area contributed by atoms with Gasteiger partial charge in [0.15, 0.2) is 0 Å². The van der Waals surface area contributed by atoms with Crippen molar-refractivity contribution in [2.24, 2.45) is 0 Å². The molecule has 2 atom stereocenters. The van der Waals surface area contributed by atoms with Crippen molar-refractivity contribution in [1.29, 1.82) is 0 Å². The zero-order valence-corrected chi connectivity index (χ0v) is 15.3. The highest BCUT2D eigenvalue weighted by Gasteiger charge is 2.52. The molecular weight excluding hydrogens is 332 g/mol. The average molecular weight is 357 g/mol. The number of benzene rings is 2. The molecule has 1 fully saturated rings. The number of halogens is 1. The highest BCUT2D eigenvalue weighted by atomic mass is 35.5. The second-order valence-electron chi connectivity index (χ2n) is 7.39. The van der Waals surface area contributed by atoms with E-state index in [0.29, 0.717) is 0 Å². The van der Waals surface area contributed by atoms with Gasteiger partial charge in [0.05, 0.1) is 12.1 Å². The number of aliphatic hydroxyl groups is 1. The fourth-order valence-electron chi connectivity index (χ4n) is 4.75. The van der Waals surface area contributed by atoms with Gasteiger partial charge in [-0.2, -0.15) is 0 Å². The van der Waals surface area contributed by atoms with Crippen LogP contribution in [-0.2, 0) is 12.0 Å². The molecule has 0 bridgehead atoms. The third-order valence-electron chi connectivity index (χ3n) is 6.03. The highest BCUT2D eigenvalue weighted by molar-refractivity contribution is 6.31. The van der Waals surface area contributed by atoms with Gasteiger partial charge in [0.1, 0.15) is 0 Å². The Hall–Kier alpha value is -1.39. The van der Waals surface area contributed by atoms with Crippen molar-refractivity contribution in [1.82, 2.24) is 10.2 Å². The second-order valence-corrected chi connectivity index (χ2v) is 7.80. The van der Waals surface area contributed by atoms with E-state index in [0.717, 1.165) is 43.1 Å². The van der Waals surface area contributed by atoms with Crippen LogP contribution >= 0.6 is 11.6 Å². The van der Waals surface area contributed by atoms with E-state index in [1.54, 1.807) is 0 Å². The van der Waals surface area contributed by atoms with Gasteiger partial charge in [-0.25, -0.2) is 0 Å². The highest BCUT2D eigenvalue weighted by Crippen LogP contribution is 2.52. The average Bonchev–Trinajstić information content (AvgIpc) is 2.87. The summed E-state index contributed by atoms with van der Waals surface area (Å²) < 4.78 is 0. The van der Waals surface area contributed by atoms with Gasteiger partial charge >= 0.3 is 0 Å². The number of fused-ring (bicyclic) bond motifs is 2. The Morgan fingerprint density at radius 1 is 1.12 bits per heavy atom. The van der Waals surface area contributed by atoms with Crippen molar-refractivity contribution in [3.63, 3.8) is 0 Å². The molecule has 4 heteroatoms. The summed E-state index contributed by atoms with van der Waals surface area (Å²) in [5, 5.41) is 15.6. The maximum atomic E-state index is 11.4. The summed E-state index contributed by atoms with van der Waals surface area (Å²) >= 11 is 6.36. The van der Waals surface area contributed by atoms with Gasteiger partial charge in [0.2, 0.25) is 0 Å². The van der Waals surface area contributed by atoms with E-state index in [-0.39, 0.29) is 17.6 Å². The normalized spacial score (nSPS) is 24.6. The van der Waals surface area contributed by atoms with Crippen LogP contribution in [0.1, 0.15) is 35.6 Å². The molecule has 1 saturated heterocycles. The first-order valence-corrected chi connectivity index (χ1v) is 9.43. The molecule has 2 aliphatic rings. The Morgan fingerprint density at radius 2 is 1.80 bits per heavy atom. The van der Waals surface area contributed by atoms with Crippen molar-refractivity contribution in [3.05, 3.63) is 70.2 Å². The van der Waals surface area contributed by atoms with Crippen LogP contribution < -0.4 is 5.32 Å². The second kappa shape index (κ2) is 6.73. The van der Waals surface area contributed by atoms with Gasteiger partial charge in [-0.1, -0.05) is 54.1 Å². The molecule has 0 aromatic heterocycles. The molecule has 2 aromatic rings. The quantitative estimate of drug-likeness (QED) is 0.883. The molecule has 1 spiro atoms. The van der Waals surface area contributed by atoms with E-state index in [9.17, 15) is 5.11 Å². The number of nitrogens with zero attached hydrogens (tertiary/aromatic N) is 1. The molecule has 1 aliphatic carbocycles. The molecule has 0 unspecified atom stereocenters. The molecule has 1 aliphatic heterocycles. The third kappa shape index (κ3) is 2.80. The smallest absolute Gasteiger partial charge is 0.0834 e. The van der Waals surface area contributed by atoms with Crippen LogP contribution in [-0.4, -0.2) is 36.2 Å². The summed E-state index contributed by atoms with van der Waals surface area (Å²) in [7, 11) is 2.09. The molecular formula is C21H25ClN2O. The minimum absolute atomic E-state index is 0.00516. The van der Waals surface area contributed by atoms with Gasteiger partial charge in [0, 0.05) is 17.0 Å². The van der Waals surface area contributed by atoms with E-state index in [1.807, 2.05) is 18.2 Å². The van der Waals surface area contributed by atoms with Crippen LogP contribution in [0.5, 0.6) is 0 Å². The first-order valence-electron chi connectivity index (χ1n) is 9.05. The molecule has 2 aromatic carbocycles. The Labute approximate surface area is 154 Å². The van der Waals surface area contributed by atoms with E-state index in [2.05, 4.69) is 47.6 Å². The standard InChI is InChI=1S/C21H25ClN2O/c1-24(14-15-6-2-5-9-18(15)22)19-16-7-3-4-8-17(16)21(20(19)25)10-12-23-13-11-21/h2-9,19-20,23,25H,10-14H2,1H3/t19-,20+/m1/s1. The van der Waals surface area contributed by atoms with Crippen LogP contribution in [0.3, 0.4) is 0 Å². The topological polar surface area (TPSA) is 35.5 Å². The predicted molar refractivity (Wildman–Crippen MR) is 102 cm³/mol. The minimum Gasteiger partial charge on any atom is -0.390 e. The number of hydrogen-bond donors (Lipinski definition) is 2. The first-order chi connectivity index (χ1) is 12.1. The maximum absolute atomic E-state index is 11.4. The third-order valence-corrected chi connectivity index (χ3v) is 6.40. The van der Waals surface area contributed by atoms with Crippen LogP contribution in [0, 0.1) is 0 Å². The van der Waals surface area contributed by atoms with Gasteiger partial charge in [-0.15, -0.1) is 0 Å². The molecule has 1 heterocycles. The number of piperidine rings is 1.